The number of urea groups is 1. The Bertz CT molecular complexity index is 1750. The maximum Gasteiger partial charge on any atom is 0.328 e. The predicted octanol–water partition coefficient (Wildman–Crippen LogP) is 3.91. The van der Waals surface area contributed by atoms with Crippen molar-refractivity contribution in [3.8, 4) is 22.9 Å². The fraction of sp³-hybridized carbons (Fsp3) is 0.242. The summed E-state index contributed by atoms with van der Waals surface area (Å²) in [5, 5.41) is 25.4. The minimum Gasteiger partial charge on any atom is -0.463 e. The molecule has 4 aromatic rings. The number of nitrogens with one attached hydrogen (secondary N) is 4. The summed E-state index contributed by atoms with van der Waals surface area (Å²) in [4.78, 5) is 56.8. The van der Waals surface area contributed by atoms with Crippen LogP contribution in [0.3, 0.4) is 0 Å². The smallest absolute Gasteiger partial charge is 0.328 e. The van der Waals surface area contributed by atoms with E-state index in [9.17, 15) is 23.6 Å². The van der Waals surface area contributed by atoms with E-state index < -0.39 is 42.3 Å². The van der Waals surface area contributed by atoms with Gasteiger partial charge in [-0.1, -0.05) is 12.1 Å². The molecule has 2 aromatic heterocycles. The van der Waals surface area contributed by atoms with E-state index in [1.54, 1.807) is 30.3 Å². The molecule has 2 heterocycles. The number of benzene rings is 2. The molecule has 0 saturated carbocycles. The molecule has 252 valence electrons. The van der Waals surface area contributed by atoms with Crippen LogP contribution in [0.5, 0.6) is 11.5 Å². The molecule has 15 heteroatoms. The highest BCUT2D eigenvalue weighted by molar-refractivity contribution is 6.00. The number of carbonyl (C=O) groups is 4. The van der Waals surface area contributed by atoms with Crippen molar-refractivity contribution in [1.82, 2.24) is 15.3 Å². The molecule has 1 atom stereocenters. The summed E-state index contributed by atoms with van der Waals surface area (Å²) in [7, 11) is 0. The first-order valence-electron chi connectivity index (χ1n) is 14.8. The summed E-state index contributed by atoms with van der Waals surface area (Å²) in [6.07, 6.45) is 2.47. The van der Waals surface area contributed by atoms with Crippen LogP contribution in [0, 0.1) is 12.7 Å². The molecular formula is C33H34FN5O9. The third-order valence-electron chi connectivity index (χ3n) is 6.57. The molecule has 6 N–H and O–H groups in total. The van der Waals surface area contributed by atoms with Gasteiger partial charge in [0.15, 0.2) is 0 Å². The molecule has 0 aliphatic heterocycles. The van der Waals surface area contributed by atoms with Gasteiger partial charge in [0, 0.05) is 36.6 Å². The summed E-state index contributed by atoms with van der Waals surface area (Å²) < 4.78 is 30.3. The number of hydrogen-bond donors (Lipinski definition) is 6. The number of aromatic amines is 1. The zero-order valence-corrected chi connectivity index (χ0v) is 25.8. The lowest BCUT2D eigenvalue weighted by Crippen LogP contribution is -2.42. The molecule has 14 nitrogen and oxygen atoms in total. The van der Waals surface area contributed by atoms with Gasteiger partial charge >= 0.3 is 18.0 Å². The molecule has 0 aliphatic carbocycles. The average Bonchev–Trinajstić information content (AvgIpc) is 3.57. The van der Waals surface area contributed by atoms with Gasteiger partial charge in [-0.3, -0.25) is 14.6 Å². The molecule has 4 rings (SSSR count). The largest absolute Gasteiger partial charge is 0.463 e. The number of esters is 2. The van der Waals surface area contributed by atoms with Crippen LogP contribution in [0.4, 0.5) is 20.6 Å². The Morgan fingerprint density at radius 1 is 0.938 bits per heavy atom. The molecular weight excluding hydrogens is 629 g/mol. The second-order valence-electron chi connectivity index (χ2n) is 10.3. The molecule has 2 aromatic carbocycles. The molecule has 0 spiro atoms. The number of rotatable bonds is 15. The second kappa shape index (κ2) is 17.2. The highest BCUT2D eigenvalue weighted by atomic mass is 19.1. The van der Waals surface area contributed by atoms with Gasteiger partial charge in [-0.2, -0.15) is 0 Å². The highest BCUT2D eigenvalue weighted by Gasteiger charge is 2.25. The predicted molar refractivity (Wildman–Crippen MR) is 171 cm³/mol. The van der Waals surface area contributed by atoms with Crippen LogP contribution < -0.4 is 20.7 Å². The number of H-pyrrole nitrogens is 1. The van der Waals surface area contributed by atoms with Gasteiger partial charge in [0.2, 0.25) is 0 Å². The van der Waals surface area contributed by atoms with E-state index in [4.69, 9.17) is 24.4 Å². The number of amides is 3. The molecule has 3 amide bonds. The van der Waals surface area contributed by atoms with Crippen molar-refractivity contribution >= 4 is 35.3 Å². The first-order valence-corrected chi connectivity index (χ1v) is 14.8. The maximum atomic E-state index is 14.8. The maximum absolute atomic E-state index is 14.8. The standard InChI is InChI=1S/C33H34FN5O9/c1-20-3-2-4-22(15-20)37-33(45)39-26-6-5-23(17-25(26)34)48-24-9-10-35-29(18-24)28-16-21(19-36-28)31(43)38-27(32(44)47-14-12-41)7-8-30(42)46-13-11-40/h2-6,9-10,15-19,27,36,40-41H,7-8,11-14H2,1H3,(H,38,43)(H2,37,39,45)/t27-/m0/s1. The average molecular weight is 664 g/mol. The van der Waals surface area contributed by atoms with Gasteiger partial charge in [0.05, 0.1) is 35.9 Å². The summed E-state index contributed by atoms with van der Waals surface area (Å²) in [6.45, 7) is 0.609. The van der Waals surface area contributed by atoms with Crippen molar-refractivity contribution in [1.29, 1.82) is 0 Å². The van der Waals surface area contributed by atoms with Crippen LogP contribution >= 0.6 is 0 Å². The van der Waals surface area contributed by atoms with Gasteiger partial charge in [-0.05, 0) is 55.3 Å². The van der Waals surface area contributed by atoms with Crippen molar-refractivity contribution in [2.75, 3.05) is 37.1 Å². The number of anilines is 2. The van der Waals surface area contributed by atoms with Gasteiger partial charge in [-0.25, -0.2) is 14.0 Å². The third-order valence-corrected chi connectivity index (χ3v) is 6.57. The molecule has 0 radical (unpaired) electrons. The fourth-order valence-corrected chi connectivity index (χ4v) is 4.33. The number of nitrogens with zero attached hydrogens (tertiary/aromatic N) is 1. The molecule has 0 saturated heterocycles. The number of carbonyl (C=O) groups excluding carboxylic acids is 4. The van der Waals surface area contributed by atoms with E-state index in [-0.39, 0.29) is 49.7 Å². The van der Waals surface area contributed by atoms with Gasteiger partial charge in [0.25, 0.3) is 5.91 Å². The number of pyridine rings is 1. The summed E-state index contributed by atoms with van der Waals surface area (Å²) in [5.74, 6) is -2.44. The number of aliphatic hydroxyl groups excluding tert-OH is 2. The molecule has 0 aliphatic rings. The van der Waals surface area contributed by atoms with E-state index in [2.05, 4.69) is 25.9 Å². The Balaban J connectivity index is 1.38. The van der Waals surface area contributed by atoms with Crippen molar-refractivity contribution in [3.63, 3.8) is 0 Å². The van der Waals surface area contributed by atoms with Gasteiger partial charge in [-0.15, -0.1) is 0 Å². The fourth-order valence-electron chi connectivity index (χ4n) is 4.33. The zero-order chi connectivity index (χ0) is 34.5. The van der Waals surface area contributed by atoms with Gasteiger partial charge in [0.1, 0.15) is 36.6 Å². The Labute approximate surface area is 274 Å². The normalized spacial score (nSPS) is 11.2. The van der Waals surface area contributed by atoms with Crippen LogP contribution in [-0.2, 0) is 19.1 Å². The summed E-state index contributed by atoms with van der Waals surface area (Å²) in [5.41, 5.74) is 2.40. The summed E-state index contributed by atoms with van der Waals surface area (Å²) >= 11 is 0. The van der Waals surface area contributed by atoms with E-state index in [1.165, 1.54) is 30.6 Å². The lowest BCUT2D eigenvalue weighted by Gasteiger charge is -2.17. The third kappa shape index (κ3) is 10.4. The number of aromatic nitrogens is 2. The van der Waals surface area contributed by atoms with Crippen molar-refractivity contribution < 1.29 is 48.0 Å². The Morgan fingerprint density at radius 3 is 2.46 bits per heavy atom. The van der Waals surface area contributed by atoms with Crippen molar-refractivity contribution in [2.24, 2.45) is 0 Å². The topological polar surface area (TPSA) is 201 Å². The minimum absolute atomic E-state index is 0.0503. The monoisotopic (exact) mass is 663 g/mol. The summed E-state index contributed by atoms with van der Waals surface area (Å²) in [6, 6.07) is 13.9. The van der Waals surface area contributed by atoms with Crippen LogP contribution in [-0.4, -0.2) is 76.5 Å². The quantitative estimate of drug-likeness (QED) is 0.101. The number of aryl methyl sites for hydroxylation is 1. The zero-order valence-electron chi connectivity index (χ0n) is 25.8. The first kappa shape index (κ1) is 35.1. The lowest BCUT2D eigenvalue weighted by molar-refractivity contribution is -0.148. The second-order valence-corrected chi connectivity index (χ2v) is 10.3. The minimum atomic E-state index is -1.22. The number of aliphatic hydroxyl groups is 2. The van der Waals surface area contributed by atoms with Crippen molar-refractivity contribution in [3.05, 3.63) is 90.0 Å². The Kier molecular flexibility index (Phi) is 12.6. The van der Waals surface area contributed by atoms with Crippen LogP contribution in [0.1, 0.15) is 28.8 Å². The Morgan fingerprint density at radius 2 is 1.71 bits per heavy atom. The molecule has 0 fully saturated rings. The van der Waals surface area contributed by atoms with Crippen LogP contribution in [0.25, 0.3) is 11.4 Å². The van der Waals surface area contributed by atoms with E-state index in [1.807, 2.05) is 13.0 Å². The van der Waals surface area contributed by atoms with Gasteiger partial charge < -0.3 is 45.4 Å². The highest BCUT2D eigenvalue weighted by Crippen LogP contribution is 2.28. The van der Waals surface area contributed by atoms with E-state index >= 15 is 0 Å². The van der Waals surface area contributed by atoms with E-state index in [0.717, 1.165) is 11.6 Å². The molecule has 0 unspecified atom stereocenters. The molecule has 0 bridgehead atoms. The van der Waals surface area contributed by atoms with E-state index in [0.29, 0.717) is 22.8 Å². The lowest BCUT2D eigenvalue weighted by atomic mass is 10.1. The van der Waals surface area contributed by atoms with Crippen LogP contribution in [0.2, 0.25) is 0 Å². The number of hydrogen-bond acceptors (Lipinski definition) is 10. The van der Waals surface area contributed by atoms with Crippen molar-refractivity contribution in [2.45, 2.75) is 25.8 Å². The molecule has 48 heavy (non-hydrogen) atoms. The SMILES string of the molecule is Cc1cccc(NC(=O)Nc2ccc(Oc3ccnc(-c4cc(C(=O)N[C@@H](CCC(=O)OCCO)C(=O)OCCO)c[nH]4)c3)cc2F)c1. The van der Waals surface area contributed by atoms with Crippen LogP contribution in [0.15, 0.2) is 73.1 Å². The number of halogens is 1. The number of ether oxygens (including phenoxy) is 3. The first-order chi connectivity index (χ1) is 23.1. The Hall–Kier alpha value is -5.80.